The van der Waals surface area contributed by atoms with Crippen LogP contribution < -0.4 is 5.56 Å². The predicted octanol–water partition coefficient (Wildman–Crippen LogP) is 1.60. The molecule has 0 saturated carbocycles. The summed E-state index contributed by atoms with van der Waals surface area (Å²) in [5, 5.41) is 4.52. The van der Waals surface area contributed by atoms with E-state index in [2.05, 4.69) is 5.10 Å². The Bertz CT molecular complexity index is 480. The maximum atomic E-state index is 12.0. The predicted molar refractivity (Wildman–Crippen MR) is 72.0 cm³/mol. The molecule has 0 N–H and O–H groups in total. The van der Waals surface area contributed by atoms with Gasteiger partial charge in [-0.15, -0.1) is 0 Å². The van der Waals surface area contributed by atoms with Crippen LogP contribution in [-0.4, -0.2) is 28.2 Å². The second-order valence-electron chi connectivity index (χ2n) is 4.93. The number of aryl methyl sites for hydroxylation is 1. The monoisotopic (exact) mass is 266 g/mol. The Morgan fingerprint density at radius 3 is 3.28 bits per heavy atom. The minimum absolute atomic E-state index is 0.0189. The molecular weight excluding hydrogens is 248 g/mol. The third kappa shape index (κ3) is 2.62. The number of ether oxygens (including phenoxy) is 1. The van der Waals surface area contributed by atoms with Crippen LogP contribution in [0.2, 0.25) is 0 Å². The molecule has 0 amide bonds. The van der Waals surface area contributed by atoms with Crippen LogP contribution in [0.1, 0.15) is 30.5 Å². The van der Waals surface area contributed by atoms with Crippen molar-refractivity contribution in [1.82, 2.24) is 9.78 Å². The standard InChI is InChI=1S/C13H18N2O2S/c16-13-7-10-9-18-6-4-12(10)14-15(13)8-11-3-1-2-5-17-11/h7,11H,1-6,8-9H2. The molecule has 2 aliphatic rings. The Morgan fingerprint density at radius 2 is 2.44 bits per heavy atom. The Morgan fingerprint density at radius 1 is 1.50 bits per heavy atom. The van der Waals surface area contributed by atoms with Crippen LogP contribution in [0.4, 0.5) is 0 Å². The van der Waals surface area contributed by atoms with Crippen LogP contribution in [0.3, 0.4) is 0 Å². The molecule has 0 aromatic carbocycles. The van der Waals surface area contributed by atoms with Gasteiger partial charge in [-0.1, -0.05) is 0 Å². The average molecular weight is 266 g/mol. The molecular formula is C13H18N2O2S. The van der Waals surface area contributed by atoms with Gasteiger partial charge in [0.1, 0.15) is 0 Å². The molecule has 18 heavy (non-hydrogen) atoms. The van der Waals surface area contributed by atoms with Crippen LogP contribution in [-0.2, 0) is 23.5 Å². The summed E-state index contributed by atoms with van der Waals surface area (Å²) in [6.07, 6.45) is 4.52. The molecule has 4 nitrogen and oxygen atoms in total. The van der Waals surface area contributed by atoms with Gasteiger partial charge in [0.05, 0.1) is 18.3 Å². The topological polar surface area (TPSA) is 44.1 Å². The van der Waals surface area contributed by atoms with E-state index >= 15 is 0 Å². The quantitative estimate of drug-likeness (QED) is 0.815. The summed E-state index contributed by atoms with van der Waals surface area (Å²) in [6.45, 7) is 1.43. The molecule has 1 unspecified atom stereocenters. The van der Waals surface area contributed by atoms with E-state index in [1.807, 2.05) is 11.8 Å². The molecule has 1 atom stereocenters. The van der Waals surface area contributed by atoms with Gasteiger partial charge in [-0.2, -0.15) is 16.9 Å². The van der Waals surface area contributed by atoms with E-state index in [-0.39, 0.29) is 11.7 Å². The first-order valence-corrected chi connectivity index (χ1v) is 7.77. The molecule has 5 heteroatoms. The van der Waals surface area contributed by atoms with Gasteiger partial charge in [-0.25, -0.2) is 4.68 Å². The van der Waals surface area contributed by atoms with Crippen LogP contribution in [0.15, 0.2) is 10.9 Å². The summed E-state index contributed by atoms with van der Waals surface area (Å²) in [4.78, 5) is 12.0. The van der Waals surface area contributed by atoms with E-state index in [1.165, 1.54) is 6.42 Å². The highest BCUT2D eigenvalue weighted by atomic mass is 32.2. The van der Waals surface area contributed by atoms with Gasteiger partial charge in [0.2, 0.25) is 0 Å². The summed E-state index contributed by atoms with van der Waals surface area (Å²) in [5.74, 6) is 2.04. The number of thioether (sulfide) groups is 1. The summed E-state index contributed by atoms with van der Waals surface area (Å²) >= 11 is 1.87. The van der Waals surface area contributed by atoms with E-state index in [4.69, 9.17) is 4.74 Å². The number of hydrogen-bond donors (Lipinski definition) is 0. The lowest BCUT2D eigenvalue weighted by molar-refractivity contribution is 0.00304. The third-order valence-corrected chi connectivity index (χ3v) is 4.56. The van der Waals surface area contributed by atoms with Crippen LogP contribution in [0.5, 0.6) is 0 Å². The highest BCUT2D eigenvalue weighted by molar-refractivity contribution is 7.98. The molecule has 0 spiro atoms. The van der Waals surface area contributed by atoms with Crippen molar-refractivity contribution in [1.29, 1.82) is 0 Å². The Balaban J connectivity index is 1.80. The summed E-state index contributed by atoms with van der Waals surface area (Å²) < 4.78 is 7.28. The van der Waals surface area contributed by atoms with Gasteiger partial charge in [0, 0.05) is 24.8 Å². The molecule has 3 rings (SSSR count). The van der Waals surface area contributed by atoms with Gasteiger partial charge < -0.3 is 4.74 Å². The molecule has 98 valence electrons. The van der Waals surface area contributed by atoms with Crippen molar-refractivity contribution in [3.05, 3.63) is 27.7 Å². The van der Waals surface area contributed by atoms with Crippen molar-refractivity contribution in [2.24, 2.45) is 0 Å². The fourth-order valence-corrected chi connectivity index (χ4v) is 3.48. The lowest BCUT2D eigenvalue weighted by Gasteiger charge is -2.23. The molecule has 0 radical (unpaired) electrons. The van der Waals surface area contributed by atoms with Crippen molar-refractivity contribution >= 4 is 11.8 Å². The minimum atomic E-state index is 0.0189. The van der Waals surface area contributed by atoms with E-state index in [0.29, 0.717) is 6.54 Å². The first kappa shape index (κ1) is 12.2. The van der Waals surface area contributed by atoms with E-state index in [0.717, 1.165) is 48.6 Å². The van der Waals surface area contributed by atoms with Gasteiger partial charge >= 0.3 is 0 Å². The fourth-order valence-electron chi connectivity index (χ4n) is 2.53. The van der Waals surface area contributed by atoms with Crippen molar-refractivity contribution in [2.45, 2.75) is 44.1 Å². The Hall–Kier alpha value is -0.810. The van der Waals surface area contributed by atoms with E-state index in [1.54, 1.807) is 10.7 Å². The molecule has 1 saturated heterocycles. The number of nitrogens with zero attached hydrogens (tertiary/aromatic N) is 2. The molecule has 1 aromatic heterocycles. The largest absolute Gasteiger partial charge is 0.376 e. The maximum absolute atomic E-state index is 12.0. The third-order valence-electron chi connectivity index (χ3n) is 3.56. The number of aromatic nitrogens is 2. The molecule has 0 aliphatic carbocycles. The number of hydrogen-bond acceptors (Lipinski definition) is 4. The van der Waals surface area contributed by atoms with Gasteiger partial charge in [-0.3, -0.25) is 4.79 Å². The number of fused-ring (bicyclic) bond motifs is 1. The van der Waals surface area contributed by atoms with Crippen LogP contribution in [0, 0.1) is 0 Å². The van der Waals surface area contributed by atoms with Gasteiger partial charge in [0.25, 0.3) is 5.56 Å². The smallest absolute Gasteiger partial charge is 0.267 e. The maximum Gasteiger partial charge on any atom is 0.267 e. The van der Waals surface area contributed by atoms with Crippen LogP contribution in [0.25, 0.3) is 0 Å². The zero-order valence-corrected chi connectivity index (χ0v) is 11.2. The molecule has 0 bridgehead atoms. The van der Waals surface area contributed by atoms with Crippen LogP contribution >= 0.6 is 11.8 Å². The highest BCUT2D eigenvalue weighted by Crippen LogP contribution is 2.21. The van der Waals surface area contributed by atoms with Crippen molar-refractivity contribution in [3.63, 3.8) is 0 Å². The second-order valence-corrected chi connectivity index (χ2v) is 6.03. The Labute approximate surface area is 111 Å². The average Bonchev–Trinajstić information content (AvgIpc) is 2.41. The number of rotatable bonds is 2. The summed E-state index contributed by atoms with van der Waals surface area (Å²) in [5.41, 5.74) is 2.24. The zero-order chi connectivity index (χ0) is 12.4. The van der Waals surface area contributed by atoms with Crippen molar-refractivity contribution < 1.29 is 4.74 Å². The lowest BCUT2D eigenvalue weighted by Crippen LogP contribution is -2.33. The summed E-state index contributed by atoms with van der Waals surface area (Å²) in [7, 11) is 0. The molecule has 2 aliphatic heterocycles. The first-order chi connectivity index (χ1) is 8.83. The van der Waals surface area contributed by atoms with E-state index in [9.17, 15) is 4.79 Å². The van der Waals surface area contributed by atoms with Gasteiger partial charge in [-0.05, 0) is 30.6 Å². The second kappa shape index (κ2) is 5.45. The van der Waals surface area contributed by atoms with E-state index < -0.39 is 0 Å². The SMILES string of the molecule is O=c1cc2c(nn1CC1CCCCO1)CCSC2. The lowest BCUT2D eigenvalue weighted by atomic mass is 10.1. The fraction of sp³-hybridized carbons (Fsp3) is 0.692. The Kier molecular flexibility index (Phi) is 3.70. The van der Waals surface area contributed by atoms with Crippen molar-refractivity contribution in [2.75, 3.05) is 12.4 Å². The van der Waals surface area contributed by atoms with Crippen molar-refractivity contribution in [3.8, 4) is 0 Å². The zero-order valence-electron chi connectivity index (χ0n) is 10.4. The molecule has 3 heterocycles. The first-order valence-electron chi connectivity index (χ1n) is 6.62. The summed E-state index contributed by atoms with van der Waals surface area (Å²) in [6, 6.07) is 1.76. The van der Waals surface area contributed by atoms with Gasteiger partial charge in [0.15, 0.2) is 0 Å². The highest BCUT2D eigenvalue weighted by Gasteiger charge is 2.18. The molecule has 1 fully saturated rings. The molecule has 1 aromatic rings. The normalized spacial score (nSPS) is 23.7. The minimum Gasteiger partial charge on any atom is -0.376 e.